The van der Waals surface area contributed by atoms with Gasteiger partial charge in [-0.05, 0) is 24.6 Å². The zero-order valence-electron chi connectivity index (χ0n) is 10.7. The summed E-state index contributed by atoms with van der Waals surface area (Å²) in [5.41, 5.74) is 1.11. The first-order valence-corrected chi connectivity index (χ1v) is 7.24. The van der Waals surface area contributed by atoms with Crippen LogP contribution in [0.25, 0.3) is 0 Å². The summed E-state index contributed by atoms with van der Waals surface area (Å²) in [6, 6.07) is 4.82. The Balaban J connectivity index is 2.40. The van der Waals surface area contributed by atoms with Crippen molar-refractivity contribution in [2.45, 2.75) is 11.8 Å². The second-order valence-electron chi connectivity index (χ2n) is 3.98. The second-order valence-corrected chi connectivity index (χ2v) is 5.63. The molecule has 0 aliphatic heterocycles. The van der Waals surface area contributed by atoms with Crippen molar-refractivity contribution < 1.29 is 13.5 Å². The number of aromatic nitrogens is 2. The number of benzene rings is 1. The van der Waals surface area contributed by atoms with E-state index in [0.29, 0.717) is 11.1 Å². The highest BCUT2D eigenvalue weighted by atomic mass is 32.2. The van der Waals surface area contributed by atoms with Gasteiger partial charge in [0.2, 0.25) is 5.95 Å². The molecule has 2 aromatic rings. The van der Waals surface area contributed by atoms with Crippen molar-refractivity contribution in [2.75, 3.05) is 11.3 Å². The molecule has 20 heavy (non-hydrogen) atoms. The molecular formula is C13H13N3O3S. The Labute approximate surface area is 116 Å². The molecule has 7 heteroatoms. The third-order valence-corrected chi connectivity index (χ3v) is 4.00. The van der Waals surface area contributed by atoms with Gasteiger partial charge in [0, 0.05) is 18.0 Å². The molecule has 0 amide bonds. The Morgan fingerprint density at radius 3 is 2.90 bits per heavy atom. The number of nitrogens with one attached hydrogen (secondary N) is 2. The van der Waals surface area contributed by atoms with Crippen LogP contribution in [-0.4, -0.2) is 30.1 Å². The number of hydrogen-bond acceptors (Lipinski definition) is 4. The highest BCUT2D eigenvalue weighted by Gasteiger charge is 2.18. The topological polar surface area (TPSA) is 95.1 Å². The molecule has 3 N–H and O–H groups in total. The smallest absolute Gasteiger partial charge is 0.264 e. The number of H-pyrrole nitrogens is 1. The van der Waals surface area contributed by atoms with Crippen molar-refractivity contribution in [3.05, 3.63) is 41.7 Å². The lowest BCUT2D eigenvalue weighted by atomic mass is 10.1. The van der Waals surface area contributed by atoms with E-state index < -0.39 is 10.0 Å². The lowest BCUT2D eigenvalue weighted by Crippen LogP contribution is -2.15. The molecule has 0 unspecified atom stereocenters. The van der Waals surface area contributed by atoms with E-state index in [1.807, 2.05) is 0 Å². The van der Waals surface area contributed by atoms with Crippen LogP contribution in [-0.2, 0) is 10.0 Å². The molecule has 0 fully saturated rings. The first-order valence-electron chi connectivity index (χ1n) is 5.75. The normalized spacial score (nSPS) is 10.7. The average Bonchev–Trinajstić information content (AvgIpc) is 2.89. The third kappa shape index (κ3) is 3.17. The van der Waals surface area contributed by atoms with Crippen LogP contribution < -0.4 is 4.72 Å². The van der Waals surface area contributed by atoms with E-state index >= 15 is 0 Å². The molecule has 0 bridgehead atoms. The molecule has 2 rings (SSSR count). The van der Waals surface area contributed by atoms with Crippen LogP contribution in [0.3, 0.4) is 0 Å². The molecule has 1 aromatic carbocycles. The number of hydrogen-bond donors (Lipinski definition) is 3. The summed E-state index contributed by atoms with van der Waals surface area (Å²) in [6.45, 7) is 1.42. The molecule has 0 aliphatic rings. The summed E-state index contributed by atoms with van der Waals surface area (Å²) in [5, 5.41) is 8.67. The molecule has 0 aliphatic carbocycles. The molecule has 0 spiro atoms. The third-order valence-electron chi connectivity index (χ3n) is 2.52. The minimum Gasteiger partial charge on any atom is -0.384 e. The number of aliphatic hydroxyl groups is 1. The van der Waals surface area contributed by atoms with Gasteiger partial charge in [0.05, 0.1) is 4.90 Å². The Kier molecular flexibility index (Phi) is 4.08. The highest BCUT2D eigenvalue weighted by Crippen LogP contribution is 2.19. The first-order chi connectivity index (χ1) is 9.53. The quantitative estimate of drug-likeness (QED) is 0.731. The monoisotopic (exact) mass is 291 g/mol. The summed E-state index contributed by atoms with van der Waals surface area (Å²) in [4.78, 5) is 6.61. The molecule has 0 saturated heterocycles. The largest absolute Gasteiger partial charge is 0.384 e. The van der Waals surface area contributed by atoms with Crippen molar-refractivity contribution in [2.24, 2.45) is 0 Å². The lowest BCUT2D eigenvalue weighted by Gasteiger charge is -2.08. The molecule has 1 aromatic heterocycles. The standard InChI is InChI=1S/C13H13N3O3S/c1-10-4-5-11(3-2-8-17)9-12(10)20(18,19)16-13-14-6-7-15-13/h4-7,9,17H,8H2,1H3,(H2,14,15,16). The van der Waals surface area contributed by atoms with Gasteiger partial charge in [-0.1, -0.05) is 17.9 Å². The van der Waals surface area contributed by atoms with Gasteiger partial charge >= 0.3 is 0 Å². The number of anilines is 1. The number of aliphatic hydroxyl groups excluding tert-OH is 1. The van der Waals surface area contributed by atoms with Gasteiger partial charge in [0.15, 0.2) is 0 Å². The lowest BCUT2D eigenvalue weighted by molar-refractivity contribution is 0.350. The Morgan fingerprint density at radius 1 is 1.45 bits per heavy atom. The molecular weight excluding hydrogens is 278 g/mol. The van der Waals surface area contributed by atoms with E-state index in [-0.39, 0.29) is 17.5 Å². The maximum Gasteiger partial charge on any atom is 0.264 e. The predicted molar refractivity (Wildman–Crippen MR) is 74.5 cm³/mol. The van der Waals surface area contributed by atoms with E-state index in [2.05, 4.69) is 26.5 Å². The molecule has 0 saturated carbocycles. The van der Waals surface area contributed by atoms with E-state index in [1.165, 1.54) is 18.5 Å². The van der Waals surface area contributed by atoms with Crippen LogP contribution in [0.15, 0.2) is 35.5 Å². The van der Waals surface area contributed by atoms with Crippen molar-refractivity contribution in [1.82, 2.24) is 9.97 Å². The van der Waals surface area contributed by atoms with Crippen LogP contribution in [0.4, 0.5) is 5.95 Å². The summed E-state index contributed by atoms with van der Waals surface area (Å²) in [7, 11) is -3.74. The van der Waals surface area contributed by atoms with Crippen LogP contribution in [0.1, 0.15) is 11.1 Å². The van der Waals surface area contributed by atoms with Crippen LogP contribution in [0.2, 0.25) is 0 Å². The van der Waals surface area contributed by atoms with Crippen LogP contribution in [0, 0.1) is 18.8 Å². The first kappa shape index (κ1) is 14.1. The maximum atomic E-state index is 12.3. The summed E-state index contributed by atoms with van der Waals surface area (Å²) in [5.74, 6) is 5.31. The highest BCUT2D eigenvalue weighted by molar-refractivity contribution is 7.92. The Bertz CT molecular complexity index is 756. The molecule has 1 heterocycles. The fraction of sp³-hybridized carbons (Fsp3) is 0.154. The molecule has 0 atom stereocenters. The van der Waals surface area contributed by atoms with Gasteiger partial charge in [-0.2, -0.15) is 0 Å². The van der Waals surface area contributed by atoms with Gasteiger partial charge in [-0.15, -0.1) is 0 Å². The summed E-state index contributed by atoms with van der Waals surface area (Å²) < 4.78 is 26.9. The number of imidazole rings is 1. The average molecular weight is 291 g/mol. The van der Waals surface area contributed by atoms with Crippen LogP contribution in [0.5, 0.6) is 0 Å². The number of sulfonamides is 1. The van der Waals surface area contributed by atoms with Gasteiger partial charge in [-0.3, -0.25) is 0 Å². The number of aryl methyl sites for hydroxylation is 1. The molecule has 0 radical (unpaired) electrons. The minimum atomic E-state index is -3.74. The fourth-order valence-corrected chi connectivity index (χ4v) is 2.86. The summed E-state index contributed by atoms with van der Waals surface area (Å²) in [6.07, 6.45) is 2.97. The zero-order chi connectivity index (χ0) is 14.6. The predicted octanol–water partition coefficient (Wildman–Crippen LogP) is 0.863. The van der Waals surface area contributed by atoms with E-state index in [1.54, 1.807) is 19.1 Å². The summed E-state index contributed by atoms with van der Waals surface area (Å²) >= 11 is 0. The number of aromatic amines is 1. The molecule has 6 nitrogen and oxygen atoms in total. The van der Waals surface area contributed by atoms with Gasteiger partial charge in [0.1, 0.15) is 6.61 Å². The minimum absolute atomic E-state index is 0.124. The van der Waals surface area contributed by atoms with Gasteiger partial charge < -0.3 is 10.1 Å². The molecule has 104 valence electrons. The van der Waals surface area contributed by atoms with E-state index in [4.69, 9.17) is 5.11 Å². The second kappa shape index (κ2) is 5.77. The maximum absolute atomic E-state index is 12.3. The van der Waals surface area contributed by atoms with Crippen molar-refractivity contribution in [3.8, 4) is 11.8 Å². The fourth-order valence-electron chi connectivity index (χ4n) is 1.61. The van der Waals surface area contributed by atoms with Crippen molar-refractivity contribution in [1.29, 1.82) is 0 Å². The van der Waals surface area contributed by atoms with E-state index in [0.717, 1.165) is 0 Å². The van der Waals surface area contributed by atoms with Crippen LogP contribution >= 0.6 is 0 Å². The Hall–Kier alpha value is -2.30. The van der Waals surface area contributed by atoms with Crippen molar-refractivity contribution >= 4 is 16.0 Å². The van der Waals surface area contributed by atoms with Gasteiger partial charge in [0.25, 0.3) is 10.0 Å². The Morgan fingerprint density at radius 2 is 2.25 bits per heavy atom. The zero-order valence-corrected chi connectivity index (χ0v) is 11.5. The number of rotatable bonds is 3. The number of nitrogens with zero attached hydrogens (tertiary/aromatic N) is 1. The SMILES string of the molecule is Cc1ccc(C#CCO)cc1S(=O)(=O)Nc1ncc[nH]1. The van der Waals surface area contributed by atoms with E-state index in [9.17, 15) is 8.42 Å². The van der Waals surface area contributed by atoms with Crippen molar-refractivity contribution in [3.63, 3.8) is 0 Å². The van der Waals surface area contributed by atoms with Gasteiger partial charge in [-0.25, -0.2) is 18.1 Å².